The van der Waals surface area contributed by atoms with E-state index >= 15 is 0 Å². The van der Waals surface area contributed by atoms with Crippen LogP contribution in [-0.4, -0.2) is 30.9 Å². The van der Waals surface area contributed by atoms with Gasteiger partial charge in [-0.1, -0.05) is 18.2 Å². The lowest BCUT2D eigenvalue weighted by Gasteiger charge is -2.05. The number of H-pyrrole nitrogens is 1. The van der Waals surface area contributed by atoms with Crippen molar-refractivity contribution in [3.63, 3.8) is 0 Å². The van der Waals surface area contributed by atoms with Gasteiger partial charge in [-0.3, -0.25) is 4.79 Å². The van der Waals surface area contributed by atoms with Gasteiger partial charge >= 0.3 is 0 Å². The first kappa shape index (κ1) is 14.4. The van der Waals surface area contributed by atoms with E-state index in [1.165, 1.54) is 4.80 Å². The zero-order chi connectivity index (χ0) is 16.5. The van der Waals surface area contributed by atoms with Crippen LogP contribution in [-0.2, 0) is 17.9 Å². The third-order valence-corrected chi connectivity index (χ3v) is 3.77. The molecule has 0 aliphatic carbocycles. The minimum absolute atomic E-state index is 0.0973. The van der Waals surface area contributed by atoms with Crippen molar-refractivity contribution in [2.75, 3.05) is 0 Å². The molecular weight excluding hydrogens is 304 g/mol. The smallest absolute Gasteiger partial charge is 0.243 e. The summed E-state index contributed by atoms with van der Waals surface area (Å²) in [6.45, 7) is 2.47. The SMILES string of the molecule is Cc1nc2ccc(CNC(=O)Cn3nc4ccccc4n3)cc2[nH]1. The van der Waals surface area contributed by atoms with Crippen LogP contribution in [0.2, 0.25) is 0 Å². The number of imidazole rings is 1. The summed E-state index contributed by atoms with van der Waals surface area (Å²) in [6.07, 6.45) is 0. The number of benzene rings is 2. The largest absolute Gasteiger partial charge is 0.350 e. The number of amides is 1. The molecule has 4 aromatic rings. The first-order valence-electron chi connectivity index (χ1n) is 7.69. The molecule has 0 spiro atoms. The molecule has 2 aromatic carbocycles. The summed E-state index contributed by atoms with van der Waals surface area (Å²) < 4.78 is 0. The van der Waals surface area contributed by atoms with E-state index in [1.54, 1.807) is 0 Å². The van der Waals surface area contributed by atoms with E-state index in [0.717, 1.165) is 33.5 Å². The molecule has 0 bridgehead atoms. The number of aromatic nitrogens is 5. The second-order valence-electron chi connectivity index (χ2n) is 5.67. The molecule has 0 atom stereocenters. The molecule has 2 N–H and O–H groups in total. The van der Waals surface area contributed by atoms with E-state index in [4.69, 9.17) is 0 Å². The van der Waals surface area contributed by atoms with Crippen molar-refractivity contribution in [2.24, 2.45) is 0 Å². The van der Waals surface area contributed by atoms with Crippen LogP contribution in [0.25, 0.3) is 22.1 Å². The number of carbonyl (C=O) groups is 1. The number of hydrogen-bond donors (Lipinski definition) is 2. The molecule has 2 aromatic heterocycles. The molecule has 120 valence electrons. The van der Waals surface area contributed by atoms with Crippen molar-refractivity contribution in [1.29, 1.82) is 0 Å². The van der Waals surface area contributed by atoms with Gasteiger partial charge in [0.2, 0.25) is 5.91 Å². The van der Waals surface area contributed by atoms with Crippen LogP contribution >= 0.6 is 0 Å². The van der Waals surface area contributed by atoms with Crippen LogP contribution in [0.3, 0.4) is 0 Å². The normalized spacial score (nSPS) is 11.2. The van der Waals surface area contributed by atoms with Gasteiger partial charge in [-0.05, 0) is 36.8 Å². The maximum Gasteiger partial charge on any atom is 0.243 e. The molecule has 24 heavy (non-hydrogen) atoms. The second-order valence-corrected chi connectivity index (χ2v) is 5.67. The third-order valence-electron chi connectivity index (χ3n) is 3.77. The second kappa shape index (κ2) is 5.77. The predicted molar refractivity (Wildman–Crippen MR) is 90.2 cm³/mol. The number of nitrogens with zero attached hydrogens (tertiary/aromatic N) is 4. The highest BCUT2D eigenvalue weighted by Crippen LogP contribution is 2.13. The summed E-state index contributed by atoms with van der Waals surface area (Å²) in [6, 6.07) is 13.4. The molecular formula is C17H16N6O. The lowest BCUT2D eigenvalue weighted by molar-refractivity contribution is -0.122. The maximum absolute atomic E-state index is 12.1. The summed E-state index contributed by atoms with van der Waals surface area (Å²) in [4.78, 5) is 21.1. The highest BCUT2D eigenvalue weighted by atomic mass is 16.2. The molecule has 0 aliphatic heterocycles. The number of hydrogen-bond acceptors (Lipinski definition) is 4. The summed E-state index contributed by atoms with van der Waals surface area (Å²) in [7, 11) is 0. The summed E-state index contributed by atoms with van der Waals surface area (Å²) in [5.41, 5.74) is 4.48. The van der Waals surface area contributed by atoms with Crippen LogP contribution in [0.15, 0.2) is 42.5 Å². The van der Waals surface area contributed by atoms with Crippen molar-refractivity contribution in [2.45, 2.75) is 20.0 Å². The molecule has 7 heteroatoms. The number of rotatable bonds is 4. The molecule has 4 rings (SSSR count). The molecule has 0 saturated carbocycles. The van der Waals surface area contributed by atoms with Gasteiger partial charge in [-0.2, -0.15) is 15.0 Å². The quantitative estimate of drug-likeness (QED) is 0.601. The van der Waals surface area contributed by atoms with Gasteiger partial charge in [0.15, 0.2) is 0 Å². The number of aryl methyl sites for hydroxylation is 1. The van der Waals surface area contributed by atoms with Crippen molar-refractivity contribution >= 4 is 28.0 Å². The van der Waals surface area contributed by atoms with Gasteiger partial charge in [0, 0.05) is 6.54 Å². The Hall–Kier alpha value is -3.22. The van der Waals surface area contributed by atoms with Gasteiger partial charge in [0.05, 0.1) is 11.0 Å². The van der Waals surface area contributed by atoms with E-state index in [2.05, 4.69) is 25.5 Å². The molecule has 2 heterocycles. The Morgan fingerprint density at radius 2 is 1.88 bits per heavy atom. The van der Waals surface area contributed by atoms with Crippen LogP contribution in [0.1, 0.15) is 11.4 Å². The Morgan fingerprint density at radius 3 is 2.62 bits per heavy atom. The van der Waals surface area contributed by atoms with Gasteiger partial charge in [-0.15, -0.1) is 0 Å². The lowest BCUT2D eigenvalue weighted by Crippen LogP contribution is -2.28. The first-order chi connectivity index (χ1) is 11.7. The minimum Gasteiger partial charge on any atom is -0.350 e. The highest BCUT2D eigenvalue weighted by molar-refractivity contribution is 5.78. The van der Waals surface area contributed by atoms with Crippen molar-refractivity contribution in [1.82, 2.24) is 30.3 Å². The van der Waals surface area contributed by atoms with Gasteiger partial charge in [-0.25, -0.2) is 4.98 Å². The average molecular weight is 320 g/mol. The molecule has 7 nitrogen and oxygen atoms in total. The number of aromatic amines is 1. The Kier molecular flexibility index (Phi) is 3.45. The number of fused-ring (bicyclic) bond motifs is 2. The Bertz CT molecular complexity index is 999. The van der Waals surface area contributed by atoms with Gasteiger partial charge in [0.25, 0.3) is 0 Å². The molecule has 0 saturated heterocycles. The van der Waals surface area contributed by atoms with Crippen molar-refractivity contribution in [3.05, 3.63) is 53.9 Å². The molecule has 1 amide bonds. The Balaban J connectivity index is 1.41. The van der Waals surface area contributed by atoms with Gasteiger partial charge in [0.1, 0.15) is 23.4 Å². The molecule has 0 unspecified atom stereocenters. The minimum atomic E-state index is -0.129. The van der Waals surface area contributed by atoms with E-state index in [0.29, 0.717) is 6.54 Å². The number of carbonyl (C=O) groups excluding carboxylic acids is 1. The van der Waals surface area contributed by atoms with E-state index in [9.17, 15) is 4.79 Å². The fourth-order valence-corrected chi connectivity index (χ4v) is 2.65. The van der Waals surface area contributed by atoms with Crippen LogP contribution < -0.4 is 5.32 Å². The van der Waals surface area contributed by atoms with Crippen molar-refractivity contribution in [3.8, 4) is 0 Å². The topological polar surface area (TPSA) is 88.5 Å². The summed E-state index contributed by atoms with van der Waals surface area (Å²) >= 11 is 0. The third kappa shape index (κ3) is 2.83. The fourth-order valence-electron chi connectivity index (χ4n) is 2.65. The monoisotopic (exact) mass is 320 g/mol. The van der Waals surface area contributed by atoms with Crippen LogP contribution in [0.5, 0.6) is 0 Å². The standard InChI is InChI=1S/C17H16N6O/c1-11-19-13-7-6-12(8-16(13)20-11)9-18-17(24)10-23-21-14-4-2-3-5-15(14)22-23/h2-8H,9-10H2,1H3,(H,18,24)(H,19,20). The zero-order valence-corrected chi connectivity index (χ0v) is 13.2. The lowest BCUT2D eigenvalue weighted by atomic mass is 10.2. The van der Waals surface area contributed by atoms with Gasteiger partial charge < -0.3 is 10.3 Å². The Labute approximate surface area is 137 Å². The van der Waals surface area contributed by atoms with Crippen LogP contribution in [0.4, 0.5) is 0 Å². The molecule has 0 aliphatic rings. The Morgan fingerprint density at radius 1 is 1.12 bits per heavy atom. The summed E-state index contributed by atoms with van der Waals surface area (Å²) in [5.74, 6) is 0.749. The van der Waals surface area contributed by atoms with E-state index in [-0.39, 0.29) is 12.5 Å². The predicted octanol–water partition coefficient (Wildman–Crippen LogP) is 1.93. The summed E-state index contributed by atoms with van der Waals surface area (Å²) in [5, 5.41) is 11.5. The number of nitrogens with one attached hydrogen (secondary N) is 2. The first-order valence-corrected chi connectivity index (χ1v) is 7.69. The van der Waals surface area contributed by atoms with Crippen molar-refractivity contribution < 1.29 is 4.79 Å². The molecule has 0 radical (unpaired) electrons. The average Bonchev–Trinajstić information content (AvgIpc) is 3.13. The fraction of sp³-hybridized carbons (Fsp3) is 0.176. The molecule has 0 fully saturated rings. The zero-order valence-electron chi connectivity index (χ0n) is 13.2. The highest BCUT2D eigenvalue weighted by Gasteiger charge is 2.07. The van der Waals surface area contributed by atoms with E-state index < -0.39 is 0 Å². The van der Waals surface area contributed by atoms with Crippen LogP contribution in [0, 0.1) is 6.92 Å². The van der Waals surface area contributed by atoms with E-state index in [1.807, 2.05) is 49.4 Å². The maximum atomic E-state index is 12.1.